The highest BCUT2D eigenvalue weighted by Crippen LogP contribution is 2.14. The van der Waals surface area contributed by atoms with Crippen molar-refractivity contribution in [3.05, 3.63) is 23.2 Å². The molecule has 0 saturated carbocycles. The van der Waals surface area contributed by atoms with Crippen molar-refractivity contribution in [3.63, 3.8) is 0 Å². The van der Waals surface area contributed by atoms with Gasteiger partial charge in [-0.25, -0.2) is 4.98 Å². The van der Waals surface area contributed by atoms with Gasteiger partial charge in [0.15, 0.2) is 0 Å². The van der Waals surface area contributed by atoms with Gasteiger partial charge >= 0.3 is 0 Å². The summed E-state index contributed by atoms with van der Waals surface area (Å²) >= 11 is 5.64. The molecule has 4 heteroatoms. The predicted molar refractivity (Wildman–Crippen MR) is 43.6 cm³/mol. The number of nitrogens with one attached hydrogen (secondary N) is 1. The highest BCUT2D eigenvalue weighted by molar-refractivity contribution is 6.28. The van der Waals surface area contributed by atoms with Gasteiger partial charge in [-0.3, -0.25) is 0 Å². The lowest BCUT2D eigenvalue weighted by molar-refractivity contribution is 1.14. The normalized spacial score (nSPS) is 10.7. The molecular formula is C7H6ClN3. The number of halogens is 1. The molecule has 2 aromatic heterocycles. The Morgan fingerprint density at radius 1 is 1.45 bits per heavy atom. The molecule has 2 rings (SSSR count). The van der Waals surface area contributed by atoms with E-state index in [1.807, 2.05) is 19.2 Å². The summed E-state index contributed by atoms with van der Waals surface area (Å²) in [5.74, 6) is 0. The van der Waals surface area contributed by atoms with E-state index in [0.29, 0.717) is 0 Å². The third kappa shape index (κ3) is 0.973. The Hall–Kier alpha value is -1.09. The molecule has 2 aromatic rings. The van der Waals surface area contributed by atoms with Gasteiger partial charge in [-0.05, 0) is 24.6 Å². The molecule has 56 valence electrons. The molecule has 3 nitrogen and oxygen atoms in total. The number of nitrogens with zero attached hydrogens (tertiary/aromatic N) is 2. The largest absolute Gasteiger partial charge is 0.346 e. The number of rotatable bonds is 0. The van der Waals surface area contributed by atoms with Crippen LogP contribution in [0.25, 0.3) is 11.0 Å². The molecule has 0 bridgehead atoms. The van der Waals surface area contributed by atoms with Gasteiger partial charge in [-0.1, -0.05) is 0 Å². The SMILES string of the molecule is Cc1nc(Cl)nc2[nH]ccc12. The molecule has 1 N–H and O–H groups in total. The van der Waals surface area contributed by atoms with Crippen LogP contribution in [0.2, 0.25) is 5.28 Å². The number of aromatic nitrogens is 3. The Bertz CT molecular complexity index is 393. The van der Waals surface area contributed by atoms with E-state index in [1.165, 1.54) is 0 Å². The predicted octanol–water partition coefficient (Wildman–Crippen LogP) is 1.92. The minimum atomic E-state index is 0.289. The summed E-state index contributed by atoms with van der Waals surface area (Å²) in [5.41, 5.74) is 1.70. The topological polar surface area (TPSA) is 41.6 Å². The number of aryl methyl sites for hydroxylation is 1. The van der Waals surface area contributed by atoms with Crippen LogP contribution >= 0.6 is 11.6 Å². The monoisotopic (exact) mass is 167 g/mol. The van der Waals surface area contributed by atoms with E-state index >= 15 is 0 Å². The lowest BCUT2D eigenvalue weighted by atomic mass is 10.3. The van der Waals surface area contributed by atoms with Crippen LogP contribution in [0.15, 0.2) is 12.3 Å². The molecule has 0 spiro atoms. The van der Waals surface area contributed by atoms with Crippen LogP contribution < -0.4 is 0 Å². The summed E-state index contributed by atoms with van der Waals surface area (Å²) in [6, 6.07) is 1.93. The van der Waals surface area contributed by atoms with Gasteiger partial charge in [0.05, 0.1) is 5.69 Å². The first-order valence-corrected chi connectivity index (χ1v) is 3.62. The zero-order valence-electron chi connectivity index (χ0n) is 5.93. The van der Waals surface area contributed by atoms with Crippen LogP contribution in [0.3, 0.4) is 0 Å². The van der Waals surface area contributed by atoms with Crippen LogP contribution in [0.4, 0.5) is 0 Å². The zero-order chi connectivity index (χ0) is 7.84. The number of hydrogen-bond donors (Lipinski definition) is 1. The summed E-state index contributed by atoms with van der Waals surface area (Å²) in [6.07, 6.45) is 1.82. The quantitative estimate of drug-likeness (QED) is 0.609. The molecule has 0 fully saturated rings. The second kappa shape index (κ2) is 2.20. The standard InChI is InChI=1S/C7H6ClN3/c1-4-5-2-3-9-6(5)11-7(8)10-4/h2-3H,1H3,(H,9,10,11). The summed E-state index contributed by atoms with van der Waals surface area (Å²) in [6.45, 7) is 1.91. The minimum absolute atomic E-state index is 0.289. The lowest BCUT2D eigenvalue weighted by Gasteiger charge is -1.94. The number of aromatic amines is 1. The average Bonchev–Trinajstić information content (AvgIpc) is 2.34. The van der Waals surface area contributed by atoms with Gasteiger partial charge < -0.3 is 4.98 Å². The van der Waals surface area contributed by atoms with E-state index in [2.05, 4.69) is 15.0 Å². The third-order valence-electron chi connectivity index (χ3n) is 1.58. The van der Waals surface area contributed by atoms with Crippen molar-refractivity contribution in [2.45, 2.75) is 6.92 Å². The molecule has 0 aliphatic carbocycles. The fraction of sp³-hybridized carbons (Fsp3) is 0.143. The maximum Gasteiger partial charge on any atom is 0.224 e. The highest BCUT2D eigenvalue weighted by Gasteiger charge is 2.01. The molecular weight excluding hydrogens is 162 g/mol. The maximum absolute atomic E-state index is 5.64. The smallest absolute Gasteiger partial charge is 0.224 e. The molecule has 0 aliphatic rings. The summed E-state index contributed by atoms with van der Waals surface area (Å²) < 4.78 is 0. The van der Waals surface area contributed by atoms with E-state index in [9.17, 15) is 0 Å². The van der Waals surface area contributed by atoms with Crippen molar-refractivity contribution in [3.8, 4) is 0 Å². The number of fused-ring (bicyclic) bond motifs is 1. The summed E-state index contributed by atoms with van der Waals surface area (Å²) in [5, 5.41) is 1.31. The van der Waals surface area contributed by atoms with Crippen molar-refractivity contribution in [2.24, 2.45) is 0 Å². The first-order chi connectivity index (χ1) is 5.27. The van der Waals surface area contributed by atoms with Crippen LogP contribution in [-0.2, 0) is 0 Å². The number of hydrogen-bond acceptors (Lipinski definition) is 2. The average molecular weight is 168 g/mol. The highest BCUT2D eigenvalue weighted by atomic mass is 35.5. The van der Waals surface area contributed by atoms with Crippen molar-refractivity contribution >= 4 is 22.6 Å². The lowest BCUT2D eigenvalue weighted by Crippen LogP contribution is -1.87. The summed E-state index contributed by atoms with van der Waals surface area (Å²) in [7, 11) is 0. The maximum atomic E-state index is 5.64. The van der Waals surface area contributed by atoms with Gasteiger partial charge in [-0.2, -0.15) is 4.98 Å². The molecule has 0 unspecified atom stereocenters. The molecule has 0 radical (unpaired) electrons. The van der Waals surface area contributed by atoms with Crippen molar-refractivity contribution in [1.29, 1.82) is 0 Å². The van der Waals surface area contributed by atoms with E-state index in [4.69, 9.17) is 11.6 Å². The fourth-order valence-corrected chi connectivity index (χ4v) is 1.27. The van der Waals surface area contributed by atoms with Gasteiger partial charge in [-0.15, -0.1) is 0 Å². The molecule has 0 saturated heterocycles. The number of H-pyrrole nitrogens is 1. The van der Waals surface area contributed by atoms with Crippen molar-refractivity contribution in [1.82, 2.24) is 15.0 Å². The Morgan fingerprint density at radius 3 is 3.09 bits per heavy atom. The van der Waals surface area contributed by atoms with Crippen LogP contribution in [0.5, 0.6) is 0 Å². The fourth-order valence-electron chi connectivity index (χ4n) is 1.06. The van der Waals surface area contributed by atoms with Crippen LogP contribution in [0, 0.1) is 6.92 Å². The summed E-state index contributed by atoms with van der Waals surface area (Å²) in [4.78, 5) is 11.0. The Balaban J connectivity index is 2.91. The Morgan fingerprint density at radius 2 is 2.27 bits per heavy atom. The molecule has 0 atom stereocenters. The zero-order valence-corrected chi connectivity index (χ0v) is 6.68. The van der Waals surface area contributed by atoms with Gasteiger partial charge in [0.25, 0.3) is 0 Å². The third-order valence-corrected chi connectivity index (χ3v) is 1.75. The molecule has 11 heavy (non-hydrogen) atoms. The van der Waals surface area contributed by atoms with E-state index in [0.717, 1.165) is 16.7 Å². The molecule has 2 heterocycles. The van der Waals surface area contributed by atoms with E-state index in [1.54, 1.807) is 0 Å². The Kier molecular flexibility index (Phi) is 1.32. The van der Waals surface area contributed by atoms with Crippen LogP contribution in [-0.4, -0.2) is 15.0 Å². The second-order valence-electron chi connectivity index (χ2n) is 2.32. The van der Waals surface area contributed by atoms with Crippen LogP contribution in [0.1, 0.15) is 5.69 Å². The molecule has 0 aromatic carbocycles. The second-order valence-corrected chi connectivity index (χ2v) is 2.66. The van der Waals surface area contributed by atoms with Gasteiger partial charge in [0, 0.05) is 11.6 Å². The first-order valence-electron chi connectivity index (χ1n) is 3.24. The van der Waals surface area contributed by atoms with Crippen molar-refractivity contribution in [2.75, 3.05) is 0 Å². The van der Waals surface area contributed by atoms with Gasteiger partial charge in [0.2, 0.25) is 5.28 Å². The first kappa shape index (κ1) is 6.61. The minimum Gasteiger partial charge on any atom is -0.346 e. The molecule has 0 amide bonds. The van der Waals surface area contributed by atoms with Gasteiger partial charge in [0.1, 0.15) is 5.65 Å². The van der Waals surface area contributed by atoms with Crippen molar-refractivity contribution < 1.29 is 0 Å². The Labute approximate surface area is 68.4 Å². The van der Waals surface area contributed by atoms with E-state index in [-0.39, 0.29) is 5.28 Å². The van der Waals surface area contributed by atoms with E-state index < -0.39 is 0 Å². The molecule has 0 aliphatic heterocycles.